The number of aromatic hydroxyl groups is 2. The standard InChI is InChI=1S/C67H81N9O12/c1-9-68-65(84)60-74-73-59(51-37-50(42(6)7)56(77)38-57(51)78)76(60)46-23-27-47(28-24-46)87-49-30-32-75(33-31-49)66(85)88-48-25-21-45(22-26-48)61(80)69-52(29-20-43-16-12-10-13-17-43)62(81)71-54(35-41(4)5)63(82)72-55(36-44-18-14-11-15-19-44)64(83)70-53(34-40(2)3)58(79)67(8)39-86-67/h10-19,21-28,37-38,40-42,49,52-55,77-78H,9,20,29-36,39H2,1-8H3,(H,68,84)(H,69,80)(H,70,83)(H,71,81)(H,72,82). The van der Waals surface area contributed by atoms with Gasteiger partial charge < -0.3 is 55.9 Å². The number of ether oxygens (including phenoxy) is 3. The van der Waals surface area contributed by atoms with Crippen LogP contribution in [-0.2, 0) is 36.8 Å². The largest absolute Gasteiger partial charge is 0.508 e. The number of phenolic OH excluding ortho intramolecular Hbond substituents is 2. The van der Waals surface area contributed by atoms with Crippen molar-refractivity contribution in [2.75, 3.05) is 26.2 Å². The number of hydrogen-bond donors (Lipinski definition) is 7. The van der Waals surface area contributed by atoms with Crippen LogP contribution in [0.3, 0.4) is 0 Å². The Balaban J connectivity index is 0.884. The lowest BCUT2D eigenvalue weighted by atomic mass is 9.93. The minimum Gasteiger partial charge on any atom is -0.508 e. The summed E-state index contributed by atoms with van der Waals surface area (Å²) < 4.78 is 19.1. The molecular weight excluding hydrogens is 1120 g/mol. The van der Waals surface area contributed by atoms with Gasteiger partial charge in [-0.2, -0.15) is 0 Å². The molecule has 2 aliphatic rings. The number of Topliss-reactive ketones (excluding diaryl/α,β-unsaturated/α-hetero) is 1. The van der Waals surface area contributed by atoms with Crippen molar-refractivity contribution in [3.8, 4) is 40.1 Å². The SMILES string of the molecule is CCNC(=O)c1nnc(-c2cc(C(C)C)c(O)cc2O)n1-c1ccc(OC2CCN(C(=O)Oc3ccc(C(=O)NC(CCc4ccccc4)C(=O)NC(CC(C)C)C(=O)NC(Cc4ccccc4)C(=O)NC(CC(C)C)C(=O)C4(C)CO4)cc3)CC2)cc1. The Bertz CT molecular complexity index is 3400. The number of carbonyl (C=O) groups is 7. The molecule has 8 rings (SSSR count). The predicted octanol–water partition coefficient (Wildman–Crippen LogP) is 8.14. The second kappa shape index (κ2) is 29.5. The predicted molar refractivity (Wildman–Crippen MR) is 330 cm³/mol. The molecule has 21 heteroatoms. The third-order valence-electron chi connectivity index (χ3n) is 15.5. The Kier molecular flexibility index (Phi) is 21.8. The average molecular weight is 1200 g/mol. The van der Waals surface area contributed by atoms with Gasteiger partial charge >= 0.3 is 6.09 Å². The lowest BCUT2D eigenvalue weighted by Gasteiger charge is -2.31. The quantitative estimate of drug-likeness (QED) is 0.0240. The van der Waals surface area contributed by atoms with Crippen molar-refractivity contribution in [3.63, 3.8) is 0 Å². The summed E-state index contributed by atoms with van der Waals surface area (Å²) in [4.78, 5) is 98.9. The van der Waals surface area contributed by atoms with E-state index in [0.29, 0.717) is 62.3 Å². The van der Waals surface area contributed by atoms with Gasteiger partial charge in [-0.1, -0.05) is 102 Å². The van der Waals surface area contributed by atoms with Crippen LogP contribution in [0.1, 0.15) is 131 Å². The number of likely N-dealkylation sites (tertiary alicyclic amines) is 1. The highest BCUT2D eigenvalue weighted by Crippen LogP contribution is 2.39. The zero-order valence-electron chi connectivity index (χ0n) is 51.2. The number of nitrogens with one attached hydrogen (secondary N) is 5. The fourth-order valence-corrected chi connectivity index (χ4v) is 10.6. The first-order valence-corrected chi connectivity index (χ1v) is 30.2. The number of epoxide rings is 1. The zero-order valence-corrected chi connectivity index (χ0v) is 51.2. The van der Waals surface area contributed by atoms with Crippen molar-refractivity contribution in [2.24, 2.45) is 11.8 Å². The van der Waals surface area contributed by atoms with Gasteiger partial charge in [-0.05, 0) is 129 Å². The van der Waals surface area contributed by atoms with Crippen molar-refractivity contribution in [1.29, 1.82) is 0 Å². The fraction of sp³-hybridized carbons (Fsp3) is 0.418. The molecule has 7 N–H and O–H groups in total. The van der Waals surface area contributed by atoms with Crippen LogP contribution in [0, 0.1) is 11.8 Å². The molecule has 3 heterocycles. The van der Waals surface area contributed by atoms with Gasteiger partial charge in [0.1, 0.15) is 52.8 Å². The highest BCUT2D eigenvalue weighted by Gasteiger charge is 2.50. The number of aromatic nitrogens is 3. The topological polar surface area (TPSA) is 285 Å². The van der Waals surface area contributed by atoms with Gasteiger partial charge in [0, 0.05) is 56.2 Å². The van der Waals surface area contributed by atoms with Gasteiger partial charge in [0.05, 0.1) is 18.2 Å². The Morgan fingerprint density at radius 1 is 0.659 bits per heavy atom. The van der Waals surface area contributed by atoms with Crippen LogP contribution >= 0.6 is 0 Å². The maximum absolute atomic E-state index is 14.5. The zero-order chi connectivity index (χ0) is 63.2. The summed E-state index contributed by atoms with van der Waals surface area (Å²) in [7, 11) is 0. The summed E-state index contributed by atoms with van der Waals surface area (Å²) in [5.41, 5.74) is 2.30. The summed E-state index contributed by atoms with van der Waals surface area (Å²) in [5.74, 6) is -2.48. The van der Waals surface area contributed by atoms with Gasteiger partial charge in [0.15, 0.2) is 11.6 Å². The van der Waals surface area contributed by atoms with Crippen LogP contribution in [0.15, 0.2) is 121 Å². The number of ketones is 1. The highest BCUT2D eigenvalue weighted by atomic mass is 16.6. The Labute approximate surface area is 513 Å². The van der Waals surface area contributed by atoms with E-state index in [1.807, 2.05) is 102 Å². The number of hydrogen-bond acceptors (Lipinski definition) is 14. The third kappa shape index (κ3) is 17.1. The third-order valence-corrected chi connectivity index (χ3v) is 15.5. The number of amides is 6. The molecule has 88 heavy (non-hydrogen) atoms. The number of carbonyl (C=O) groups excluding carboxylic acids is 7. The van der Waals surface area contributed by atoms with E-state index in [1.165, 1.54) is 34.9 Å². The first kappa shape index (κ1) is 64.9. The van der Waals surface area contributed by atoms with E-state index in [9.17, 15) is 43.8 Å². The molecule has 5 unspecified atom stereocenters. The summed E-state index contributed by atoms with van der Waals surface area (Å²) in [6, 6.07) is 30.3. The van der Waals surface area contributed by atoms with Crippen LogP contribution < -0.4 is 36.1 Å². The van der Waals surface area contributed by atoms with E-state index in [1.54, 1.807) is 49.1 Å². The molecule has 5 aromatic carbocycles. The number of phenols is 2. The number of aryl methyl sites for hydroxylation is 1. The molecule has 2 aliphatic heterocycles. The molecule has 0 bridgehead atoms. The molecule has 6 aromatic rings. The van der Waals surface area contributed by atoms with Gasteiger partial charge in [-0.25, -0.2) is 4.79 Å². The first-order chi connectivity index (χ1) is 42.1. The van der Waals surface area contributed by atoms with Gasteiger partial charge in [-0.15, -0.1) is 10.2 Å². The van der Waals surface area contributed by atoms with Crippen molar-refractivity contribution in [2.45, 2.75) is 142 Å². The smallest absolute Gasteiger partial charge is 0.415 e. The van der Waals surface area contributed by atoms with Crippen molar-refractivity contribution >= 4 is 41.4 Å². The highest BCUT2D eigenvalue weighted by molar-refractivity contribution is 6.00. The number of benzene rings is 5. The van der Waals surface area contributed by atoms with E-state index >= 15 is 0 Å². The van der Waals surface area contributed by atoms with Crippen LogP contribution in [0.4, 0.5) is 4.79 Å². The van der Waals surface area contributed by atoms with Crippen molar-refractivity contribution in [1.82, 2.24) is 46.2 Å². The maximum Gasteiger partial charge on any atom is 0.415 e. The lowest BCUT2D eigenvalue weighted by Crippen LogP contribution is -2.59. The molecule has 0 spiro atoms. The van der Waals surface area contributed by atoms with Crippen molar-refractivity contribution < 1.29 is 58.0 Å². The molecule has 1 aromatic heterocycles. The normalized spacial score (nSPS) is 16.2. The summed E-state index contributed by atoms with van der Waals surface area (Å²) in [6.07, 6.45) is 1.45. The van der Waals surface area contributed by atoms with E-state index in [0.717, 1.165) is 11.1 Å². The van der Waals surface area contributed by atoms with E-state index in [2.05, 4.69) is 36.8 Å². The van der Waals surface area contributed by atoms with Crippen LogP contribution in [0.5, 0.6) is 23.0 Å². The Morgan fingerprint density at radius 2 is 1.23 bits per heavy atom. The number of rotatable bonds is 27. The Hall–Kier alpha value is -9.11. The van der Waals surface area contributed by atoms with Gasteiger partial charge in [-0.3, -0.25) is 33.3 Å². The molecule has 2 fully saturated rings. The van der Waals surface area contributed by atoms with Crippen molar-refractivity contribution in [3.05, 3.63) is 149 Å². The number of nitrogens with zero attached hydrogens (tertiary/aromatic N) is 4. The second-order valence-corrected chi connectivity index (χ2v) is 23.9. The second-order valence-electron chi connectivity index (χ2n) is 23.9. The molecule has 5 atom stereocenters. The maximum atomic E-state index is 14.5. The summed E-state index contributed by atoms with van der Waals surface area (Å²) >= 11 is 0. The van der Waals surface area contributed by atoms with Crippen LogP contribution in [0.25, 0.3) is 17.1 Å². The average Bonchev–Trinajstić information content (AvgIpc) is 2.13. The molecule has 0 saturated carbocycles. The van der Waals surface area contributed by atoms with E-state index in [-0.39, 0.29) is 95.5 Å². The lowest BCUT2D eigenvalue weighted by molar-refractivity contribution is -0.134. The van der Waals surface area contributed by atoms with E-state index in [4.69, 9.17) is 14.2 Å². The summed E-state index contributed by atoms with van der Waals surface area (Å²) in [6.45, 7) is 16.3. The van der Waals surface area contributed by atoms with Crippen LogP contribution in [-0.4, -0.2) is 133 Å². The van der Waals surface area contributed by atoms with Crippen LogP contribution in [0.2, 0.25) is 0 Å². The minimum absolute atomic E-state index is 0.000556. The molecule has 21 nitrogen and oxygen atoms in total. The molecule has 466 valence electrons. The summed E-state index contributed by atoms with van der Waals surface area (Å²) in [5, 5.41) is 44.3. The molecule has 0 aliphatic carbocycles. The molecule has 0 radical (unpaired) electrons. The molecule has 2 saturated heterocycles. The monoisotopic (exact) mass is 1200 g/mol. The molecular formula is C67H81N9O12. The Morgan fingerprint density at radius 3 is 1.83 bits per heavy atom. The fourth-order valence-electron chi connectivity index (χ4n) is 10.6. The number of piperidine rings is 1. The van der Waals surface area contributed by atoms with E-state index < -0.39 is 65.4 Å². The first-order valence-electron chi connectivity index (χ1n) is 30.2. The van der Waals surface area contributed by atoms with Gasteiger partial charge in [0.25, 0.3) is 11.8 Å². The minimum atomic E-state index is -1.12. The van der Waals surface area contributed by atoms with Gasteiger partial charge in [0.2, 0.25) is 23.5 Å². The molecule has 6 amide bonds.